The molecule has 0 spiro atoms. The van der Waals surface area contributed by atoms with Gasteiger partial charge < -0.3 is 10.2 Å². The van der Waals surface area contributed by atoms with Crippen molar-refractivity contribution >= 4 is 0 Å². The molecule has 0 saturated carbocycles. The van der Waals surface area contributed by atoms with Gasteiger partial charge in [0.1, 0.15) is 0 Å². The fourth-order valence-electron chi connectivity index (χ4n) is 1.55. The highest BCUT2D eigenvalue weighted by Gasteiger charge is 2.12. The van der Waals surface area contributed by atoms with Crippen molar-refractivity contribution in [1.82, 2.24) is 10.2 Å². The number of benzene rings is 1. The zero-order valence-corrected chi connectivity index (χ0v) is 10.2. The van der Waals surface area contributed by atoms with Crippen LogP contribution in [0.4, 0.5) is 0 Å². The summed E-state index contributed by atoms with van der Waals surface area (Å²) in [5.41, 5.74) is 1.35. The molecule has 0 fully saturated rings. The van der Waals surface area contributed by atoms with Gasteiger partial charge in [0.05, 0.1) is 0 Å². The van der Waals surface area contributed by atoms with E-state index in [1.807, 2.05) is 7.05 Å². The Bertz CT molecular complexity index is 269. The standard InChI is InChI=1S/C13H22N2/c1-11(2)15(4)10-13(14-3)12-8-6-5-7-9-12/h5-9,11,13-14H,10H2,1-4H3. The van der Waals surface area contributed by atoms with Crippen LogP contribution < -0.4 is 5.32 Å². The van der Waals surface area contributed by atoms with Crippen LogP contribution >= 0.6 is 0 Å². The van der Waals surface area contributed by atoms with Crippen molar-refractivity contribution in [3.8, 4) is 0 Å². The molecule has 0 aliphatic rings. The third-order valence-corrected chi connectivity index (χ3v) is 2.90. The van der Waals surface area contributed by atoms with Crippen LogP contribution in [-0.4, -0.2) is 31.6 Å². The predicted octanol–water partition coefficient (Wildman–Crippen LogP) is 2.29. The quantitative estimate of drug-likeness (QED) is 0.795. The van der Waals surface area contributed by atoms with Gasteiger partial charge in [-0.2, -0.15) is 0 Å². The first-order valence-electron chi connectivity index (χ1n) is 5.57. The first kappa shape index (κ1) is 12.2. The van der Waals surface area contributed by atoms with Crippen molar-refractivity contribution < 1.29 is 0 Å². The van der Waals surface area contributed by atoms with E-state index in [1.54, 1.807) is 0 Å². The molecular weight excluding hydrogens is 184 g/mol. The van der Waals surface area contributed by atoms with E-state index in [9.17, 15) is 0 Å². The highest BCUT2D eigenvalue weighted by molar-refractivity contribution is 5.19. The largest absolute Gasteiger partial charge is 0.312 e. The average molecular weight is 206 g/mol. The van der Waals surface area contributed by atoms with Gasteiger partial charge >= 0.3 is 0 Å². The fourth-order valence-corrected chi connectivity index (χ4v) is 1.55. The molecule has 0 aliphatic heterocycles. The highest BCUT2D eigenvalue weighted by Crippen LogP contribution is 2.13. The maximum absolute atomic E-state index is 3.36. The molecule has 0 heterocycles. The summed E-state index contributed by atoms with van der Waals surface area (Å²) in [7, 11) is 4.18. The molecule has 0 aromatic heterocycles. The topological polar surface area (TPSA) is 15.3 Å². The van der Waals surface area contributed by atoms with Crippen molar-refractivity contribution in [3.63, 3.8) is 0 Å². The Kier molecular flexibility index (Phi) is 4.79. The number of nitrogens with one attached hydrogen (secondary N) is 1. The Hall–Kier alpha value is -0.860. The van der Waals surface area contributed by atoms with Crippen molar-refractivity contribution in [2.45, 2.75) is 25.9 Å². The van der Waals surface area contributed by atoms with Gasteiger partial charge in [0, 0.05) is 18.6 Å². The van der Waals surface area contributed by atoms with E-state index >= 15 is 0 Å². The maximum Gasteiger partial charge on any atom is 0.0446 e. The number of likely N-dealkylation sites (N-methyl/N-ethyl adjacent to an activating group) is 2. The molecule has 1 aromatic carbocycles. The van der Waals surface area contributed by atoms with Crippen molar-refractivity contribution in [3.05, 3.63) is 35.9 Å². The smallest absolute Gasteiger partial charge is 0.0446 e. The molecule has 1 atom stereocenters. The zero-order chi connectivity index (χ0) is 11.3. The summed E-state index contributed by atoms with van der Waals surface area (Å²) in [5, 5.41) is 3.36. The molecule has 0 saturated heterocycles. The first-order chi connectivity index (χ1) is 7.15. The lowest BCUT2D eigenvalue weighted by Crippen LogP contribution is -2.35. The van der Waals surface area contributed by atoms with Gasteiger partial charge in [-0.3, -0.25) is 0 Å². The molecule has 84 valence electrons. The third kappa shape index (κ3) is 3.65. The second kappa shape index (κ2) is 5.89. The van der Waals surface area contributed by atoms with Crippen LogP contribution in [0.25, 0.3) is 0 Å². The first-order valence-corrected chi connectivity index (χ1v) is 5.57. The molecule has 1 unspecified atom stereocenters. The van der Waals surface area contributed by atoms with Gasteiger partial charge in [0.2, 0.25) is 0 Å². The fraction of sp³-hybridized carbons (Fsp3) is 0.538. The predicted molar refractivity (Wildman–Crippen MR) is 66.0 cm³/mol. The van der Waals surface area contributed by atoms with Crippen LogP contribution in [0.3, 0.4) is 0 Å². The summed E-state index contributed by atoms with van der Waals surface area (Å²) in [5.74, 6) is 0. The minimum Gasteiger partial charge on any atom is -0.312 e. The Morgan fingerprint density at radius 1 is 1.20 bits per heavy atom. The van der Waals surface area contributed by atoms with Crippen LogP contribution in [0.15, 0.2) is 30.3 Å². The number of hydrogen-bond acceptors (Lipinski definition) is 2. The minimum atomic E-state index is 0.415. The molecule has 0 amide bonds. The number of hydrogen-bond donors (Lipinski definition) is 1. The molecule has 1 N–H and O–H groups in total. The monoisotopic (exact) mass is 206 g/mol. The van der Waals surface area contributed by atoms with E-state index in [1.165, 1.54) is 5.56 Å². The Labute approximate surface area is 93.3 Å². The van der Waals surface area contributed by atoms with Gasteiger partial charge in [-0.05, 0) is 33.5 Å². The summed E-state index contributed by atoms with van der Waals surface area (Å²) in [6.07, 6.45) is 0. The summed E-state index contributed by atoms with van der Waals surface area (Å²) in [6, 6.07) is 11.6. The summed E-state index contributed by atoms with van der Waals surface area (Å²) >= 11 is 0. The van der Waals surface area contributed by atoms with Gasteiger partial charge in [-0.15, -0.1) is 0 Å². The Balaban J connectivity index is 2.65. The van der Waals surface area contributed by atoms with Crippen LogP contribution in [-0.2, 0) is 0 Å². The lowest BCUT2D eigenvalue weighted by molar-refractivity contribution is 0.246. The molecule has 0 aliphatic carbocycles. The number of nitrogens with zero attached hydrogens (tertiary/aromatic N) is 1. The molecule has 1 aromatic rings. The third-order valence-electron chi connectivity index (χ3n) is 2.90. The summed E-state index contributed by atoms with van der Waals surface area (Å²) in [6.45, 7) is 5.48. The van der Waals surface area contributed by atoms with Gasteiger partial charge in [-0.1, -0.05) is 30.3 Å². The van der Waals surface area contributed by atoms with E-state index in [-0.39, 0.29) is 0 Å². The molecular formula is C13H22N2. The molecule has 15 heavy (non-hydrogen) atoms. The molecule has 2 heteroatoms. The SMILES string of the molecule is CNC(CN(C)C(C)C)c1ccccc1. The van der Waals surface area contributed by atoms with Crippen LogP contribution in [0.2, 0.25) is 0 Å². The highest BCUT2D eigenvalue weighted by atomic mass is 15.1. The lowest BCUT2D eigenvalue weighted by atomic mass is 10.1. The number of rotatable bonds is 5. The van der Waals surface area contributed by atoms with Gasteiger partial charge in [-0.25, -0.2) is 0 Å². The minimum absolute atomic E-state index is 0.415. The maximum atomic E-state index is 3.36. The van der Waals surface area contributed by atoms with Crippen LogP contribution in [0.5, 0.6) is 0 Å². The van der Waals surface area contributed by atoms with Gasteiger partial charge in [0.15, 0.2) is 0 Å². The van der Waals surface area contributed by atoms with Crippen LogP contribution in [0, 0.1) is 0 Å². The van der Waals surface area contributed by atoms with Gasteiger partial charge in [0.25, 0.3) is 0 Å². The normalized spacial score (nSPS) is 13.5. The zero-order valence-electron chi connectivity index (χ0n) is 10.2. The second-order valence-electron chi connectivity index (χ2n) is 4.29. The van der Waals surface area contributed by atoms with Crippen molar-refractivity contribution in [2.24, 2.45) is 0 Å². The molecule has 0 bridgehead atoms. The van der Waals surface area contributed by atoms with E-state index in [0.29, 0.717) is 12.1 Å². The van der Waals surface area contributed by atoms with E-state index < -0.39 is 0 Å². The lowest BCUT2D eigenvalue weighted by Gasteiger charge is -2.27. The Morgan fingerprint density at radius 3 is 2.27 bits per heavy atom. The van der Waals surface area contributed by atoms with Crippen molar-refractivity contribution in [2.75, 3.05) is 20.6 Å². The van der Waals surface area contributed by atoms with Crippen LogP contribution in [0.1, 0.15) is 25.5 Å². The second-order valence-corrected chi connectivity index (χ2v) is 4.29. The van der Waals surface area contributed by atoms with Crippen molar-refractivity contribution in [1.29, 1.82) is 0 Å². The molecule has 2 nitrogen and oxygen atoms in total. The van der Waals surface area contributed by atoms with E-state index in [4.69, 9.17) is 0 Å². The molecule has 0 radical (unpaired) electrons. The summed E-state index contributed by atoms with van der Waals surface area (Å²) < 4.78 is 0. The Morgan fingerprint density at radius 2 is 1.80 bits per heavy atom. The summed E-state index contributed by atoms with van der Waals surface area (Å²) in [4.78, 5) is 2.36. The van der Waals surface area contributed by atoms with E-state index in [0.717, 1.165) is 6.54 Å². The average Bonchev–Trinajstić information content (AvgIpc) is 2.26. The molecule has 1 rings (SSSR count). The van der Waals surface area contributed by atoms with E-state index in [2.05, 4.69) is 61.4 Å².